The van der Waals surface area contributed by atoms with E-state index in [1.165, 1.54) is 10.7 Å². The van der Waals surface area contributed by atoms with Crippen LogP contribution in [0.1, 0.15) is 23.4 Å². The Kier molecular flexibility index (Phi) is 5.45. The lowest BCUT2D eigenvalue weighted by Gasteiger charge is -2.48. The van der Waals surface area contributed by atoms with Gasteiger partial charge in [0.2, 0.25) is 0 Å². The summed E-state index contributed by atoms with van der Waals surface area (Å²) in [5.74, 6) is 0.604. The van der Waals surface area contributed by atoms with Crippen molar-refractivity contribution in [2.75, 3.05) is 24.6 Å². The van der Waals surface area contributed by atoms with Gasteiger partial charge < -0.3 is 18.9 Å². The Balaban J connectivity index is 1.28. The summed E-state index contributed by atoms with van der Waals surface area (Å²) in [7, 11) is 0. The van der Waals surface area contributed by atoms with Crippen molar-refractivity contribution in [2.45, 2.75) is 45.1 Å². The summed E-state index contributed by atoms with van der Waals surface area (Å²) in [6.45, 7) is 2.23. The van der Waals surface area contributed by atoms with Gasteiger partial charge in [0, 0.05) is 48.6 Å². The Morgan fingerprint density at radius 3 is 2.79 bits per heavy atom. The number of anilines is 1. The molecule has 11 heteroatoms. The highest BCUT2D eigenvalue weighted by atomic mass is 19.3. The molecule has 2 saturated heterocycles. The molecule has 33 heavy (non-hydrogen) atoms. The minimum atomic E-state index is -2.81. The van der Waals surface area contributed by atoms with Crippen molar-refractivity contribution in [1.82, 2.24) is 19.9 Å². The lowest BCUT2D eigenvalue weighted by Crippen LogP contribution is -2.62. The monoisotopic (exact) mass is 459 g/mol. The Labute approximate surface area is 187 Å². The predicted octanol–water partition coefficient (Wildman–Crippen LogP) is 2.55. The number of aryl methyl sites for hydroxylation is 2. The minimum Gasteiger partial charge on any atom is -0.368 e. The van der Waals surface area contributed by atoms with Crippen LogP contribution < -0.4 is 10.5 Å². The second-order valence-electron chi connectivity index (χ2n) is 8.54. The van der Waals surface area contributed by atoms with E-state index in [1.54, 1.807) is 19.3 Å². The van der Waals surface area contributed by atoms with Crippen LogP contribution in [0.3, 0.4) is 0 Å². The van der Waals surface area contributed by atoms with Crippen LogP contribution in [0.25, 0.3) is 11.3 Å². The molecule has 5 rings (SSSR count). The molecular weight excluding hydrogens is 436 g/mol. The van der Waals surface area contributed by atoms with E-state index >= 15 is 0 Å². The zero-order chi connectivity index (χ0) is 23.2. The number of hydrogen-bond donors (Lipinski definition) is 0. The summed E-state index contributed by atoms with van der Waals surface area (Å²) in [5.41, 5.74) is 2.96. The van der Waals surface area contributed by atoms with E-state index < -0.39 is 18.3 Å². The molecule has 0 saturated carbocycles. The van der Waals surface area contributed by atoms with Gasteiger partial charge in [-0.3, -0.25) is 9.78 Å². The number of pyridine rings is 1. The van der Waals surface area contributed by atoms with E-state index in [0.717, 1.165) is 16.8 Å². The van der Waals surface area contributed by atoms with Crippen molar-refractivity contribution in [1.29, 1.82) is 0 Å². The molecule has 1 atom stereocenters. The average molecular weight is 459 g/mol. The van der Waals surface area contributed by atoms with Crippen LogP contribution in [0, 0.1) is 13.8 Å². The van der Waals surface area contributed by atoms with E-state index in [2.05, 4.69) is 20.0 Å². The molecule has 0 unspecified atom stereocenters. The molecule has 0 aromatic carbocycles. The summed E-state index contributed by atoms with van der Waals surface area (Å²) in [6.07, 6.45) is 3.13. The molecule has 0 N–H and O–H groups in total. The fourth-order valence-corrected chi connectivity index (χ4v) is 4.37. The number of ether oxygens (including phenoxy) is 2. The molecule has 0 aliphatic carbocycles. The van der Waals surface area contributed by atoms with Crippen LogP contribution >= 0.6 is 0 Å². The molecule has 2 aliphatic heterocycles. The van der Waals surface area contributed by atoms with Gasteiger partial charge in [-0.2, -0.15) is 13.9 Å². The fraction of sp³-hybridized carbons (Fsp3) is 0.455. The normalized spacial score (nSPS) is 19.4. The Bertz CT molecular complexity index is 1200. The zero-order valence-corrected chi connectivity index (χ0v) is 18.2. The van der Waals surface area contributed by atoms with Gasteiger partial charge in [0.05, 0.1) is 31.1 Å². The average Bonchev–Trinajstić information content (AvgIpc) is 3.33. The maximum atomic E-state index is 12.8. The first-order valence-corrected chi connectivity index (χ1v) is 10.6. The summed E-state index contributed by atoms with van der Waals surface area (Å²) in [4.78, 5) is 19.0. The molecule has 2 fully saturated rings. The molecule has 0 bridgehead atoms. The lowest BCUT2D eigenvalue weighted by molar-refractivity contribution is -0.161. The largest absolute Gasteiger partial charge is 0.368 e. The van der Waals surface area contributed by atoms with Gasteiger partial charge in [-0.05, 0) is 26.0 Å². The highest BCUT2D eigenvalue weighted by Gasteiger charge is 2.50. The van der Waals surface area contributed by atoms with Crippen molar-refractivity contribution in [3.05, 3.63) is 58.0 Å². The van der Waals surface area contributed by atoms with Gasteiger partial charge >= 0.3 is 6.61 Å². The molecule has 3 aromatic rings. The third-order valence-corrected chi connectivity index (χ3v) is 6.13. The summed E-state index contributed by atoms with van der Waals surface area (Å²) in [6, 6.07) is 5.31. The number of nitrogens with zero attached hydrogens (tertiary/aromatic N) is 5. The van der Waals surface area contributed by atoms with Gasteiger partial charge in [-0.1, -0.05) is 5.16 Å². The molecule has 0 radical (unpaired) electrons. The van der Waals surface area contributed by atoms with Crippen molar-refractivity contribution >= 4 is 5.69 Å². The first-order chi connectivity index (χ1) is 15.8. The van der Waals surface area contributed by atoms with Crippen LogP contribution in [-0.2, 0) is 16.0 Å². The Hall–Kier alpha value is -3.18. The van der Waals surface area contributed by atoms with Gasteiger partial charge in [0.25, 0.3) is 5.56 Å². The Morgan fingerprint density at radius 1 is 1.27 bits per heavy atom. The number of aromatic nitrogens is 4. The van der Waals surface area contributed by atoms with E-state index in [-0.39, 0.29) is 18.7 Å². The second kappa shape index (κ2) is 8.31. The number of halogens is 2. The minimum absolute atomic E-state index is 0.148. The van der Waals surface area contributed by atoms with Crippen molar-refractivity contribution < 1.29 is 22.8 Å². The van der Waals surface area contributed by atoms with Gasteiger partial charge in [-0.15, -0.1) is 0 Å². The predicted molar refractivity (Wildman–Crippen MR) is 113 cm³/mol. The quantitative estimate of drug-likeness (QED) is 0.555. The summed E-state index contributed by atoms with van der Waals surface area (Å²) < 4.78 is 41.9. The van der Waals surface area contributed by atoms with Crippen LogP contribution in [0.15, 0.2) is 39.9 Å². The van der Waals surface area contributed by atoms with E-state index in [0.29, 0.717) is 36.7 Å². The number of hydrogen-bond acceptors (Lipinski definition) is 8. The molecule has 0 amide bonds. The van der Waals surface area contributed by atoms with Gasteiger partial charge in [0.15, 0.2) is 0 Å². The van der Waals surface area contributed by atoms with Crippen molar-refractivity contribution in [3.8, 4) is 11.3 Å². The van der Waals surface area contributed by atoms with E-state index in [4.69, 9.17) is 9.26 Å². The highest BCUT2D eigenvalue weighted by molar-refractivity contribution is 5.62. The summed E-state index contributed by atoms with van der Waals surface area (Å²) in [5, 5.41) is 8.46. The second-order valence-corrected chi connectivity index (χ2v) is 8.54. The lowest BCUT2D eigenvalue weighted by atomic mass is 9.90. The van der Waals surface area contributed by atoms with Gasteiger partial charge in [-0.25, -0.2) is 4.68 Å². The fourth-order valence-electron chi connectivity index (χ4n) is 4.37. The standard InChI is InChI=1S/C22H23F2N5O4/c1-13-3-4-15(7-25-13)20-18(14(2)33-27-20)9-29-19(30)5-16(8-26-29)28-11-22(12-28)6-17(10-31-22)32-21(23)24/h3-5,7-8,17,21H,6,9-12H2,1-2H3/t17-/m0/s1. The molecule has 2 aliphatic rings. The topological polar surface area (TPSA) is 95.5 Å². The molecule has 5 heterocycles. The maximum absolute atomic E-state index is 12.8. The van der Waals surface area contributed by atoms with Crippen LogP contribution in [-0.4, -0.2) is 57.9 Å². The van der Waals surface area contributed by atoms with Crippen molar-refractivity contribution in [3.63, 3.8) is 0 Å². The molecule has 9 nitrogen and oxygen atoms in total. The zero-order valence-electron chi connectivity index (χ0n) is 18.2. The highest BCUT2D eigenvalue weighted by Crippen LogP contribution is 2.38. The van der Waals surface area contributed by atoms with Gasteiger partial charge in [0.1, 0.15) is 17.1 Å². The molecule has 1 spiro atoms. The first-order valence-electron chi connectivity index (χ1n) is 10.6. The third-order valence-electron chi connectivity index (χ3n) is 6.13. The SMILES string of the molecule is Cc1ccc(-c2noc(C)c2Cn2ncc(N3CC4(C[C@H](OC(F)F)CO4)C3)cc2=O)cn1. The first kappa shape index (κ1) is 21.7. The number of rotatable bonds is 6. The van der Waals surface area contributed by atoms with Crippen LogP contribution in [0.4, 0.5) is 14.5 Å². The van der Waals surface area contributed by atoms with E-state index in [9.17, 15) is 13.6 Å². The molecule has 174 valence electrons. The van der Waals surface area contributed by atoms with Crippen LogP contribution in [0.2, 0.25) is 0 Å². The molecule has 3 aromatic heterocycles. The number of alkyl halides is 2. The van der Waals surface area contributed by atoms with Crippen LogP contribution in [0.5, 0.6) is 0 Å². The molecular formula is C22H23F2N5O4. The third kappa shape index (κ3) is 4.25. The smallest absolute Gasteiger partial charge is 0.345 e. The van der Waals surface area contributed by atoms with E-state index in [1.807, 2.05) is 24.0 Å². The maximum Gasteiger partial charge on any atom is 0.345 e. The Morgan fingerprint density at radius 2 is 2.09 bits per heavy atom. The summed E-state index contributed by atoms with van der Waals surface area (Å²) >= 11 is 0. The van der Waals surface area contributed by atoms with Crippen molar-refractivity contribution in [2.24, 2.45) is 0 Å².